The molecule has 2 aromatic rings. The summed E-state index contributed by atoms with van der Waals surface area (Å²) in [6.07, 6.45) is 3.28. The van der Waals surface area contributed by atoms with E-state index in [2.05, 4.69) is 23.9 Å². The minimum atomic E-state index is 0.494. The SMILES string of the molecule is CC(C)Cn1ncc2c(Cl)c(N)cnc21. The van der Waals surface area contributed by atoms with Gasteiger partial charge in [-0.25, -0.2) is 9.67 Å². The highest BCUT2D eigenvalue weighted by molar-refractivity contribution is 6.37. The number of nitrogens with two attached hydrogens (primary N) is 1. The molecule has 2 rings (SSSR count). The van der Waals surface area contributed by atoms with E-state index in [0.29, 0.717) is 16.6 Å². The van der Waals surface area contributed by atoms with Crippen LogP contribution >= 0.6 is 11.6 Å². The van der Waals surface area contributed by atoms with Crippen LogP contribution in [-0.4, -0.2) is 14.8 Å². The normalized spacial score (nSPS) is 11.5. The van der Waals surface area contributed by atoms with Gasteiger partial charge in [0.1, 0.15) is 0 Å². The van der Waals surface area contributed by atoms with Gasteiger partial charge in [-0.2, -0.15) is 5.10 Å². The Morgan fingerprint density at radius 3 is 2.87 bits per heavy atom. The van der Waals surface area contributed by atoms with Crippen molar-refractivity contribution in [3.05, 3.63) is 17.4 Å². The van der Waals surface area contributed by atoms with E-state index in [1.807, 2.05) is 4.68 Å². The van der Waals surface area contributed by atoms with Gasteiger partial charge in [-0.1, -0.05) is 25.4 Å². The van der Waals surface area contributed by atoms with Gasteiger partial charge in [0.05, 0.1) is 28.5 Å². The van der Waals surface area contributed by atoms with Crippen LogP contribution in [0.4, 0.5) is 5.69 Å². The Kier molecular flexibility index (Phi) is 2.52. The molecule has 2 N–H and O–H groups in total. The molecule has 0 saturated heterocycles. The second-order valence-electron chi connectivity index (χ2n) is 3.99. The Morgan fingerprint density at radius 2 is 2.20 bits per heavy atom. The van der Waals surface area contributed by atoms with Gasteiger partial charge in [-0.3, -0.25) is 0 Å². The maximum atomic E-state index is 6.06. The zero-order chi connectivity index (χ0) is 11.0. The van der Waals surface area contributed by atoms with Crippen molar-refractivity contribution in [3.63, 3.8) is 0 Å². The van der Waals surface area contributed by atoms with E-state index in [4.69, 9.17) is 17.3 Å². The molecule has 0 aliphatic heterocycles. The largest absolute Gasteiger partial charge is 0.396 e. The van der Waals surface area contributed by atoms with E-state index in [1.165, 1.54) is 0 Å². The lowest BCUT2D eigenvalue weighted by atomic mass is 10.2. The van der Waals surface area contributed by atoms with Gasteiger partial charge in [-0.05, 0) is 5.92 Å². The van der Waals surface area contributed by atoms with Crippen LogP contribution in [-0.2, 0) is 6.54 Å². The summed E-state index contributed by atoms with van der Waals surface area (Å²) < 4.78 is 1.85. The lowest BCUT2D eigenvalue weighted by Gasteiger charge is -2.06. The minimum Gasteiger partial charge on any atom is -0.396 e. The summed E-state index contributed by atoms with van der Waals surface area (Å²) in [5, 5.41) is 5.61. The highest BCUT2D eigenvalue weighted by Gasteiger charge is 2.10. The van der Waals surface area contributed by atoms with E-state index in [9.17, 15) is 0 Å². The molecular weight excluding hydrogens is 212 g/mol. The molecule has 0 aliphatic carbocycles. The van der Waals surface area contributed by atoms with Gasteiger partial charge in [0, 0.05) is 6.54 Å². The topological polar surface area (TPSA) is 56.7 Å². The Morgan fingerprint density at radius 1 is 1.47 bits per heavy atom. The second-order valence-corrected chi connectivity index (χ2v) is 4.36. The second kappa shape index (κ2) is 3.70. The summed E-state index contributed by atoms with van der Waals surface area (Å²) in [7, 11) is 0. The summed E-state index contributed by atoms with van der Waals surface area (Å²) in [5.41, 5.74) is 6.95. The smallest absolute Gasteiger partial charge is 0.159 e. The van der Waals surface area contributed by atoms with Crippen LogP contribution in [0.25, 0.3) is 11.0 Å². The van der Waals surface area contributed by atoms with Crippen molar-refractivity contribution in [2.45, 2.75) is 20.4 Å². The number of pyridine rings is 1. The van der Waals surface area contributed by atoms with E-state index in [0.717, 1.165) is 17.6 Å². The summed E-state index contributed by atoms with van der Waals surface area (Å²) in [5.74, 6) is 0.520. The molecule has 15 heavy (non-hydrogen) atoms. The molecule has 0 saturated carbocycles. The third kappa shape index (κ3) is 1.77. The van der Waals surface area contributed by atoms with Crippen molar-refractivity contribution in [2.24, 2.45) is 5.92 Å². The average Bonchev–Trinajstić information content (AvgIpc) is 2.55. The maximum absolute atomic E-state index is 6.06. The maximum Gasteiger partial charge on any atom is 0.159 e. The Labute approximate surface area is 93.0 Å². The molecule has 0 unspecified atom stereocenters. The molecule has 0 fully saturated rings. The fraction of sp³-hybridized carbons (Fsp3) is 0.400. The molecule has 0 spiro atoms. The van der Waals surface area contributed by atoms with Crippen LogP contribution in [0.15, 0.2) is 12.4 Å². The predicted molar refractivity (Wildman–Crippen MR) is 61.8 cm³/mol. The zero-order valence-electron chi connectivity index (χ0n) is 8.74. The first-order valence-corrected chi connectivity index (χ1v) is 5.23. The molecule has 0 atom stereocenters. The van der Waals surface area contributed by atoms with Crippen LogP contribution in [0.5, 0.6) is 0 Å². The number of fused-ring (bicyclic) bond motifs is 1. The van der Waals surface area contributed by atoms with E-state index < -0.39 is 0 Å². The summed E-state index contributed by atoms with van der Waals surface area (Å²) in [4.78, 5) is 4.25. The van der Waals surface area contributed by atoms with Gasteiger partial charge >= 0.3 is 0 Å². The van der Waals surface area contributed by atoms with Crippen molar-refractivity contribution in [1.82, 2.24) is 14.8 Å². The molecular formula is C10H13ClN4. The fourth-order valence-corrected chi connectivity index (χ4v) is 1.67. The number of hydrogen-bond donors (Lipinski definition) is 1. The number of aromatic nitrogens is 3. The first-order valence-electron chi connectivity index (χ1n) is 4.85. The molecule has 0 bridgehead atoms. The quantitative estimate of drug-likeness (QED) is 0.852. The van der Waals surface area contributed by atoms with Gasteiger partial charge in [0.2, 0.25) is 0 Å². The van der Waals surface area contributed by atoms with Crippen molar-refractivity contribution in [2.75, 3.05) is 5.73 Å². The van der Waals surface area contributed by atoms with Gasteiger partial charge in [-0.15, -0.1) is 0 Å². The van der Waals surface area contributed by atoms with Crippen LogP contribution < -0.4 is 5.73 Å². The highest BCUT2D eigenvalue weighted by atomic mass is 35.5. The number of anilines is 1. The molecule has 4 nitrogen and oxygen atoms in total. The lowest BCUT2D eigenvalue weighted by Crippen LogP contribution is -2.06. The first kappa shape index (κ1) is 10.2. The Bertz CT molecular complexity index is 489. The standard InChI is InChI=1S/C10H13ClN4/c1-6(2)5-15-10-7(3-14-15)9(11)8(12)4-13-10/h3-4,6H,5,12H2,1-2H3. The average molecular weight is 225 g/mol. The third-order valence-corrected chi connectivity index (χ3v) is 2.59. The molecule has 80 valence electrons. The summed E-state index contributed by atoms with van der Waals surface area (Å²) in [6, 6.07) is 0. The molecule has 2 aromatic heterocycles. The zero-order valence-corrected chi connectivity index (χ0v) is 9.49. The number of hydrogen-bond acceptors (Lipinski definition) is 3. The Hall–Kier alpha value is -1.29. The van der Waals surface area contributed by atoms with Crippen LogP contribution in [0.1, 0.15) is 13.8 Å². The number of nitrogens with zero attached hydrogens (tertiary/aromatic N) is 3. The monoisotopic (exact) mass is 224 g/mol. The Balaban J connectivity index is 2.57. The third-order valence-electron chi connectivity index (χ3n) is 2.17. The fourth-order valence-electron chi connectivity index (χ4n) is 1.49. The van der Waals surface area contributed by atoms with E-state index in [1.54, 1.807) is 12.4 Å². The number of rotatable bonds is 2. The van der Waals surface area contributed by atoms with Crippen LogP contribution in [0.3, 0.4) is 0 Å². The first-order chi connectivity index (χ1) is 7.09. The molecule has 2 heterocycles. The number of nitrogen functional groups attached to an aromatic ring is 1. The molecule has 5 heteroatoms. The van der Waals surface area contributed by atoms with Crippen LogP contribution in [0.2, 0.25) is 5.02 Å². The molecule has 0 aliphatic rings. The van der Waals surface area contributed by atoms with Gasteiger partial charge < -0.3 is 5.73 Å². The minimum absolute atomic E-state index is 0.494. The number of halogens is 1. The summed E-state index contributed by atoms with van der Waals surface area (Å²) >= 11 is 6.06. The van der Waals surface area contributed by atoms with Crippen molar-refractivity contribution < 1.29 is 0 Å². The molecule has 0 aromatic carbocycles. The molecule has 0 radical (unpaired) electrons. The lowest BCUT2D eigenvalue weighted by molar-refractivity contribution is 0.492. The van der Waals surface area contributed by atoms with Crippen LogP contribution in [0, 0.1) is 5.92 Å². The molecule has 0 amide bonds. The van der Waals surface area contributed by atoms with Crippen molar-refractivity contribution >= 4 is 28.3 Å². The highest BCUT2D eigenvalue weighted by Crippen LogP contribution is 2.27. The predicted octanol–water partition coefficient (Wildman–Crippen LogP) is 2.32. The summed E-state index contributed by atoms with van der Waals surface area (Å²) in [6.45, 7) is 5.09. The van der Waals surface area contributed by atoms with Gasteiger partial charge in [0.25, 0.3) is 0 Å². The van der Waals surface area contributed by atoms with E-state index >= 15 is 0 Å². The van der Waals surface area contributed by atoms with Crippen molar-refractivity contribution in [3.8, 4) is 0 Å². The van der Waals surface area contributed by atoms with E-state index in [-0.39, 0.29) is 0 Å². The van der Waals surface area contributed by atoms with Gasteiger partial charge in [0.15, 0.2) is 5.65 Å². The van der Waals surface area contributed by atoms with Crippen molar-refractivity contribution in [1.29, 1.82) is 0 Å².